The molecule has 5 heteroatoms. The van der Waals surface area contributed by atoms with E-state index in [0.29, 0.717) is 12.5 Å². The lowest BCUT2D eigenvalue weighted by Gasteiger charge is -2.37. The van der Waals surface area contributed by atoms with Crippen LogP contribution < -0.4 is 10.6 Å². The number of amides is 2. The molecule has 1 atom stereocenters. The van der Waals surface area contributed by atoms with Crippen molar-refractivity contribution >= 4 is 11.8 Å². The summed E-state index contributed by atoms with van der Waals surface area (Å²) < 4.78 is 0. The van der Waals surface area contributed by atoms with Crippen molar-refractivity contribution in [1.82, 2.24) is 15.5 Å². The second kappa shape index (κ2) is 3.08. The number of hydrogen-bond acceptors (Lipinski definition) is 4. The number of carbonyl (C=O) groups is 2. The first kappa shape index (κ1) is 8.65. The van der Waals surface area contributed by atoms with Crippen molar-refractivity contribution < 1.29 is 9.59 Å². The predicted octanol–water partition coefficient (Wildman–Crippen LogP) is -1.69. The SMILES string of the molecule is CN(C1CNC1)C1CC(=O)NC1=O. The van der Waals surface area contributed by atoms with Crippen molar-refractivity contribution in [3.05, 3.63) is 0 Å². The number of hydrogen-bond donors (Lipinski definition) is 2. The standard InChI is InChI=1S/C8H13N3O2/c1-11(5-3-9-4-5)6-2-7(12)10-8(6)13/h5-6,9H,2-4H2,1H3,(H,10,12,13). The predicted molar refractivity (Wildman–Crippen MR) is 46.0 cm³/mol. The molecule has 2 amide bonds. The molecule has 1 unspecified atom stereocenters. The Morgan fingerprint density at radius 1 is 1.38 bits per heavy atom. The van der Waals surface area contributed by atoms with Crippen LogP contribution in [0.15, 0.2) is 0 Å². The Kier molecular flexibility index (Phi) is 2.05. The number of likely N-dealkylation sites (N-methyl/N-ethyl adjacent to an activating group) is 1. The van der Waals surface area contributed by atoms with Crippen LogP contribution in [0.5, 0.6) is 0 Å². The monoisotopic (exact) mass is 183 g/mol. The van der Waals surface area contributed by atoms with Gasteiger partial charge in [-0.3, -0.25) is 19.8 Å². The van der Waals surface area contributed by atoms with Gasteiger partial charge >= 0.3 is 0 Å². The van der Waals surface area contributed by atoms with Crippen molar-refractivity contribution in [3.63, 3.8) is 0 Å². The van der Waals surface area contributed by atoms with Gasteiger partial charge in [0.2, 0.25) is 11.8 Å². The minimum atomic E-state index is -0.250. The normalized spacial score (nSPS) is 29.2. The van der Waals surface area contributed by atoms with E-state index in [9.17, 15) is 9.59 Å². The molecule has 0 bridgehead atoms. The average Bonchev–Trinajstić information content (AvgIpc) is 2.26. The van der Waals surface area contributed by atoms with E-state index in [1.54, 1.807) is 0 Å². The van der Waals surface area contributed by atoms with Gasteiger partial charge in [0.1, 0.15) is 0 Å². The Labute approximate surface area is 76.5 Å². The number of imide groups is 1. The van der Waals surface area contributed by atoms with Crippen LogP contribution in [-0.4, -0.2) is 48.9 Å². The number of rotatable bonds is 2. The summed E-state index contributed by atoms with van der Waals surface area (Å²) in [5.74, 6) is -0.312. The van der Waals surface area contributed by atoms with Crippen LogP contribution >= 0.6 is 0 Å². The van der Waals surface area contributed by atoms with Crippen LogP contribution in [0, 0.1) is 0 Å². The number of nitrogens with zero attached hydrogens (tertiary/aromatic N) is 1. The second-order valence-corrected chi connectivity index (χ2v) is 3.61. The quantitative estimate of drug-likeness (QED) is 0.501. The fourth-order valence-corrected chi connectivity index (χ4v) is 1.68. The third kappa shape index (κ3) is 1.45. The molecule has 0 aromatic heterocycles. The maximum absolute atomic E-state index is 11.3. The molecule has 2 heterocycles. The van der Waals surface area contributed by atoms with Crippen molar-refractivity contribution in [2.24, 2.45) is 0 Å². The van der Waals surface area contributed by atoms with Crippen molar-refractivity contribution in [3.8, 4) is 0 Å². The van der Waals surface area contributed by atoms with Gasteiger partial charge in [-0.05, 0) is 7.05 Å². The van der Waals surface area contributed by atoms with Gasteiger partial charge in [0.15, 0.2) is 0 Å². The highest BCUT2D eigenvalue weighted by Gasteiger charge is 2.37. The summed E-state index contributed by atoms with van der Waals surface area (Å²) in [6.45, 7) is 1.82. The molecule has 0 aromatic rings. The molecule has 0 aliphatic carbocycles. The number of carbonyl (C=O) groups excluding carboxylic acids is 2. The molecule has 2 fully saturated rings. The van der Waals surface area contributed by atoms with Gasteiger partial charge in [0, 0.05) is 19.1 Å². The minimum Gasteiger partial charge on any atom is -0.314 e. The summed E-state index contributed by atoms with van der Waals surface area (Å²) in [7, 11) is 1.90. The van der Waals surface area contributed by atoms with Crippen molar-refractivity contribution in [2.75, 3.05) is 20.1 Å². The molecule has 5 nitrogen and oxygen atoms in total. The lowest BCUT2D eigenvalue weighted by Crippen LogP contribution is -2.59. The highest BCUT2D eigenvalue weighted by Crippen LogP contribution is 2.14. The summed E-state index contributed by atoms with van der Waals surface area (Å²) in [5.41, 5.74) is 0. The first-order valence-corrected chi connectivity index (χ1v) is 4.45. The first-order valence-electron chi connectivity index (χ1n) is 4.45. The van der Waals surface area contributed by atoms with Crippen LogP contribution in [0.2, 0.25) is 0 Å². The van der Waals surface area contributed by atoms with E-state index in [1.165, 1.54) is 0 Å². The van der Waals surface area contributed by atoms with Crippen LogP contribution in [0.3, 0.4) is 0 Å². The Bertz CT molecular complexity index is 250. The number of nitrogens with one attached hydrogen (secondary N) is 2. The second-order valence-electron chi connectivity index (χ2n) is 3.61. The molecule has 72 valence electrons. The fourth-order valence-electron chi connectivity index (χ4n) is 1.68. The van der Waals surface area contributed by atoms with Gasteiger partial charge in [0.25, 0.3) is 0 Å². The Morgan fingerprint density at radius 2 is 2.08 bits per heavy atom. The molecule has 2 aliphatic heterocycles. The van der Waals surface area contributed by atoms with Gasteiger partial charge in [-0.25, -0.2) is 0 Å². The van der Waals surface area contributed by atoms with Crippen LogP contribution in [0.4, 0.5) is 0 Å². The summed E-state index contributed by atoms with van der Waals surface area (Å²) in [4.78, 5) is 24.2. The van der Waals surface area contributed by atoms with Crippen LogP contribution in [0.1, 0.15) is 6.42 Å². The molecular formula is C8H13N3O2. The molecule has 2 rings (SSSR count). The van der Waals surface area contributed by atoms with E-state index in [-0.39, 0.29) is 17.9 Å². The van der Waals surface area contributed by atoms with Crippen molar-refractivity contribution in [2.45, 2.75) is 18.5 Å². The topological polar surface area (TPSA) is 61.4 Å². The highest BCUT2D eigenvalue weighted by atomic mass is 16.2. The van der Waals surface area contributed by atoms with E-state index in [2.05, 4.69) is 10.6 Å². The van der Waals surface area contributed by atoms with Gasteiger partial charge in [-0.2, -0.15) is 0 Å². The molecule has 2 saturated heterocycles. The molecule has 0 spiro atoms. The average molecular weight is 183 g/mol. The third-order valence-electron chi connectivity index (χ3n) is 2.77. The van der Waals surface area contributed by atoms with Crippen LogP contribution in [-0.2, 0) is 9.59 Å². The van der Waals surface area contributed by atoms with Gasteiger partial charge in [-0.15, -0.1) is 0 Å². The molecule has 0 aromatic carbocycles. The van der Waals surface area contributed by atoms with E-state index in [0.717, 1.165) is 13.1 Å². The molecule has 0 radical (unpaired) electrons. The van der Waals surface area contributed by atoms with E-state index >= 15 is 0 Å². The molecular weight excluding hydrogens is 170 g/mol. The zero-order valence-electron chi connectivity index (χ0n) is 7.54. The smallest absolute Gasteiger partial charge is 0.244 e. The van der Waals surface area contributed by atoms with Crippen molar-refractivity contribution in [1.29, 1.82) is 0 Å². The van der Waals surface area contributed by atoms with E-state index in [1.807, 2.05) is 11.9 Å². The molecule has 13 heavy (non-hydrogen) atoms. The Morgan fingerprint density at radius 3 is 2.46 bits per heavy atom. The zero-order valence-corrected chi connectivity index (χ0v) is 7.54. The highest BCUT2D eigenvalue weighted by molar-refractivity contribution is 6.05. The summed E-state index contributed by atoms with van der Waals surface area (Å²) in [5, 5.41) is 5.44. The van der Waals surface area contributed by atoms with Crippen LogP contribution in [0.25, 0.3) is 0 Å². The van der Waals surface area contributed by atoms with E-state index in [4.69, 9.17) is 0 Å². The maximum atomic E-state index is 11.3. The summed E-state index contributed by atoms with van der Waals surface area (Å²) in [6, 6.07) is 0.154. The molecule has 2 aliphatic rings. The van der Waals surface area contributed by atoms with E-state index < -0.39 is 0 Å². The third-order valence-corrected chi connectivity index (χ3v) is 2.77. The Hall–Kier alpha value is -0.940. The minimum absolute atomic E-state index is 0.153. The zero-order chi connectivity index (χ0) is 9.42. The van der Waals surface area contributed by atoms with Gasteiger partial charge < -0.3 is 5.32 Å². The molecule has 0 saturated carbocycles. The lowest BCUT2D eigenvalue weighted by molar-refractivity contribution is -0.126. The molecule has 2 N–H and O–H groups in total. The summed E-state index contributed by atoms with van der Waals surface area (Å²) >= 11 is 0. The fraction of sp³-hybridized carbons (Fsp3) is 0.750. The lowest BCUT2D eigenvalue weighted by atomic mass is 10.1. The first-order chi connectivity index (χ1) is 6.18. The maximum Gasteiger partial charge on any atom is 0.244 e. The largest absolute Gasteiger partial charge is 0.314 e. The van der Waals surface area contributed by atoms with Gasteiger partial charge in [0.05, 0.1) is 12.5 Å². The van der Waals surface area contributed by atoms with Gasteiger partial charge in [-0.1, -0.05) is 0 Å². The Balaban J connectivity index is 1.99. The summed E-state index contributed by atoms with van der Waals surface area (Å²) in [6.07, 6.45) is 0.311.